The molecule has 0 aliphatic heterocycles. The van der Waals surface area contributed by atoms with E-state index in [1.54, 1.807) is 0 Å². The van der Waals surface area contributed by atoms with Gasteiger partial charge in [0, 0.05) is 6.42 Å². The fourth-order valence-electron chi connectivity index (χ4n) is 3.83. The van der Waals surface area contributed by atoms with Gasteiger partial charge in [-0.3, -0.25) is 0 Å². The van der Waals surface area contributed by atoms with E-state index in [4.69, 9.17) is 11.6 Å². The van der Waals surface area contributed by atoms with Crippen LogP contribution < -0.4 is 0 Å². The van der Waals surface area contributed by atoms with Gasteiger partial charge in [0.25, 0.3) is 0 Å². The average molecular weight is 391 g/mol. The molecule has 2 atom stereocenters. The van der Waals surface area contributed by atoms with E-state index >= 15 is 0 Å². The Morgan fingerprint density at radius 2 is 1.04 bits per heavy atom. The first kappa shape index (κ1) is 26.2. The van der Waals surface area contributed by atoms with Crippen molar-refractivity contribution < 1.29 is 9.59 Å². The standard InChI is InChI=1S/C23H49ClNO/c1-5-6-7-8-9-10-11-12-13-14-15-16-17-18-19-20-23(24)25(3,4)21-22(2)26/h22-23,26H,5-21H2,1-4H3/q+1. The normalized spacial score (nSPS) is 14.5. The van der Waals surface area contributed by atoms with Crippen LogP contribution in [0.3, 0.4) is 0 Å². The second-order valence-corrected chi connectivity index (χ2v) is 9.49. The summed E-state index contributed by atoms with van der Waals surface area (Å²) in [7, 11) is 4.24. The molecule has 0 saturated heterocycles. The lowest BCUT2D eigenvalue weighted by molar-refractivity contribution is -0.905. The Hall–Kier alpha value is 0.210. The largest absolute Gasteiger partial charge is 0.388 e. The summed E-state index contributed by atoms with van der Waals surface area (Å²) in [6.45, 7) is 4.86. The maximum absolute atomic E-state index is 9.57. The molecule has 0 bridgehead atoms. The molecule has 1 N–H and O–H groups in total. The molecule has 0 aromatic rings. The minimum atomic E-state index is -0.285. The van der Waals surface area contributed by atoms with Crippen molar-refractivity contribution in [2.24, 2.45) is 0 Å². The minimum absolute atomic E-state index is 0.117. The Balaban J connectivity index is 3.31. The van der Waals surface area contributed by atoms with Gasteiger partial charge in [0.15, 0.2) is 5.50 Å². The molecule has 0 fully saturated rings. The van der Waals surface area contributed by atoms with E-state index < -0.39 is 0 Å². The van der Waals surface area contributed by atoms with Crippen molar-refractivity contribution in [3.05, 3.63) is 0 Å². The van der Waals surface area contributed by atoms with Gasteiger partial charge in [-0.1, -0.05) is 108 Å². The number of halogens is 1. The molecule has 0 saturated carbocycles. The Kier molecular flexibility index (Phi) is 17.5. The molecular weight excluding hydrogens is 342 g/mol. The van der Waals surface area contributed by atoms with E-state index in [-0.39, 0.29) is 11.6 Å². The smallest absolute Gasteiger partial charge is 0.164 e. The monoisotopic (exact) mass is 390 g/mol. The number of quaternary nitrogens is 1. The molecule has 0 aromatic heterocycles. The van der Waals surface area contributed by atoms with Gasteiger partial charge in [-0.15, -0.1) is 0 Å². The molecule has 0 radical (unpaired) electrons. The third-order valence-corrected chi connectivity index (χ3v) is 6.29. The number of likely N-dealkylation sites (N-methyl/N-ethyl adjacent to an activating group) is 1. The Bertz CT molecular complexity index is 294. The van der Waals surface area contributed by atoms with E-state index in [2.05, 4.69) is 21.0 Å². The summed E-state index contributed by atoms with van der Waals surface area (Å²) >= 11 is 6.54. The van der Waals surface area contributed by atoms with Crippen LogP contribution >= 0.6 is 11.6 Å². The summed E-state index contributed by atoms with van der Waals surface area (Å²) in [5.41, 5.74) is 0.117. The second-order valence-electron chi connectivity index (χ2n) is 8.98. The molecule has 0 heterocycles. The lowest BCUT2D eigenvalue weighted by Gasteiger charge is -2.35. The predicted octanol–water partition coefficient (Wildman–Crippen LogP) is 7.27. The van der Waals surface area contributed by atoms with Crippen LogP contribution in [-0.2, 0) is 0 Å². The molecule has 0 aliphatic rings. The molecule has 3 heteroatoms. The number of rotatable bonds is 19. The van der Waals surface area contributed by atoms with Crippen molar-refractivity contribution in [2.75, 3.05) is 20.6 Å². The summed E-state index contributed by atoms with van der Waals surface area (Å²) in [5.74, 6) is 0. The van der Waals surface area contributed by atoms with Gasteiger partial charge in [-0.2, -0.15) is 0 Å². The summed E-state index contributed by atoms with van der Waals surface area (Å²) < 4.78 is 0.706. The average Bonchev–Trinajstić information content (AvgIpc) is 2.57. The first-order chi connectivity index (χ1) is 12.4. The highest BCUT2D eigenvalue weighted by atomic mass is 35.5. The molecule has 158 valence electrons. The van der Waals surface area contributed by atoms with E-state index in [0.29, 0.717) is 4.48 Å². The van der Waals surface area contributed by atoms with Crippen LogP contribution in [0, 0.1) is 0 Å². The second kappa shape index (κ2) is 17.3. The number of alkyl halides is 1. The number of aliphatic hydroxyl groups excluding tert-OH is 1. The number of hydrogen-bond donors (Lipinski definition) is 1. The van der Waals surface area contributed by atoms with Crippen LogP contribution in [0.4, 0.5) is 0 Å². The van der Waals surface area contributed by atoms with Crippen molar-refractivity contribution in [2.45, 2.75) is 128 Å². The highest BCUT2D eigenvalue weighted by Crippen LogP contribution is 2.20. The zero-order valence-corrected chi connectivity index (χ0v) is 19.2. The molecule has 26 heavy (non-hydrogen) atoms. The zero-order valence-electron chi connectivity index (χ0n) is 18.4. The van der Waals surface area contributed by atoms with E-state index in [1.165, 1.54) is 96.3 Å². The third-order valence-electron chi connectivity index (χ3n) is 5.54. The molecule has 0 amide bonds. The molecular formula is C23H49ClNO+. The van der Waals surface area contributed by atoms with Gasteiger partial charge in [0.2, 0.25) is 0 Å². The first-order valence-corrected chi connectivity index (χ1v) is 12.0. The van der Waals surface area contributed by atoms with Gasteiger partial charge < -0.3 is 9.59 Å². The van der Waals surface area contributed by atoms with Crippen LogP contribution in [-0.4, -0.2) is 41.8 Å². The van der Waals surface area contributed by atoms with Crippen molar-refractivity contribution in [3.63, 3.8) is 0 Å². The topological polar surface area (TPSA) is 20.2 Å². The lowest BCUT2D eigenvalue weighted by Crippen LogP contribution is -2.49. The van der Waals surface area contributed by atoms with Crippen LogP contribution in [0.2, 0.25) is 0 Å². The van der Waals surface area contributed by atoms with Gasteiger partial charge >= 0.3 is 0 Å². The van der Waals surface area contributed by atoms with E-state index in [9.17, 15) is 5.11 Å². The number of aliphatic hydroxyl groups is 1. The van der Waals surface area contributed by atoms with E-state index in [1.807, 2.05) is 6.92 Å². The molecule has 0 aromatic carbocycles. The molecule has 0 aliphatic carbocycles. The SMILES string of the molecule is CCCCCCCCCCCCCCCCCC(Cl)[N+](C)(C)CC(C)O. The minimum Gasteiger partial charge on any atom is -0.388 e. The van der Waals surface area contributed by atoms with Crippen molar-refractivity contribution >= 4 is 11.6 Å². The van der Waals surface area contributed by atoms with Crippen LogP contribution in [0.1, 0.15) is 117 Å². The van der Waals surface area contributed by atoms with Crippen molar-refractivity contribution in [1.82, 2.24) is 0 Å². The molecule has 2 nitrogen and oxygen atoms in total. The summed E-state index contributed by atoms with van der Waals surface area (Å²) in [6, 6.07) is 0. The quantitative estimate of drug-likeness (QED) is 0.106. The highest BCUT2D eigenvalue weighted by molar-refractivity contribution is 6.19. The Morgan fingerprint density at radius 1 is 0.692 bits per heavy atom. The summed E-state index contributed by atoms with van der Waals surface area (Å²) in [4.78, 5) is 0. The maximum atomic E-state index is 9.57. The van der Waals surface area contributed by atoms with Gasteiger partial charge in [0.1, 0.15) is 12.6 Å². The predicted molar refractivity (Wildman–Crippen MR) is 118 cm³/mol. The number of hydrogen-bond acceptors (Lipinski definition) is 1. The third kappa shape index (κ3) is 16.4. The zero-order chi connectivity index (χ0) is 19.7. The first-order valence-electron chi connectivity index (χ1n) is 11.5. The van der Waals surface area contributed by atoms with E-state index in [0.717, 1.165) is 13.0 Å². The lowest BCUT2D eigenvalue weighted by atomic mass is 10.0. The molecule has 0 spiro atoms. The van der Waals surface area contributed by atoms with Crippen LogP contribution in [0.5, 0.6) is 0 Å². The maximum Gasteiger partial charge on any atom is 0.164 e. The van der Waals surface area contributed by atoms with Crippen LogP contribution in [0.25, 0.3) is 0 Å². The number of unbranched alkanes of at least 4 members (excludes halogenated alkanes) is 14. The Labute approximate surface area is 170 Å². The van der Waals surface area contributed by atoms with Gasteiger partial charge in [0.05, 0.1) is 14.1 Å². The number of nitrogens with zero attached hydrogens (tertiary/aromatic N) is 1. The summed E-state index contributed by atoms with van der Waals surface area (Å²) in [5, 5.41) is 9.57. The fourth-order valence-corrected chi connectivity index (χ4v) is 4.06. The van der Waals surface area contributed by atoms with Crippen LogP contribution in [0.15, 0.2) is 0 Å². The fraction of sp³-hybridized carbons (Fsp3) is 1.00. The van der Waals surface area contributed by atoms with Crippen molar-refractivity contribution in [1.29, 1.82) is 0 Å². The van der Waals surface area contributed by atoms with Crippen molar-refractivity contribution in [3.8, 4) is 0 Å². The van der Waals surface area contributed by atoms with Gasteiger partial charge in [-0.25, -0.2) is 0 Å². The highest BCUT2D eigenvalue weighted by Gasteiger charge is 2.26. The molecule has 0 rings (SSSR count). The van der Waals surface area contributed by atoms with Gasteiger partial charge in [-0.05, 0) is 13.3 Å². The molecule has 2 unspecified atom stereocenters. The summed E-state index contributed by atoms with van der Waals surface area (Å²) in [6.07, 6.45) is 21.8. The Morgan fingerprint density at radius 3 is 1.38 bits per heavy atom.